The van der Waals surface area contributed by atoms with E-state index in [9.17, 15) is 31.5 Å². The van der Waals surface area contributed by atoms with E-state index in [0.29, 0.717) is 24.8 Å². The van der Waals surface area contributed by atoms with Gasteiger partial charge in [-0.2, -0.15) is 18.2 Å². The number of piperazine rings is 1. The predicted octanol–water partition coefficient (Wildman–Crippen LogP) is 4.97. The van der Waals surface area contributed by atoms with Gasteiger partial charge in [-0.05, 0) is 30.4 Å². The average Bonchev–Trinajstić information content (AvgIpc) is 3.21. The third-order valence-corrected chi connectivity index (χ3v) is 8.39. The number of aliphatic hydroxyl groups excluding tert-OH is 1. The van der Waals surface area contributed by atoms with Crippen LogP contribution in [0.4, 0.5) is 27.8 Å². The number of hydrogen-bond acceptors (Lipinski definition) is 7. The van der Waals surface area contributed by atoms with Crippen molar-refractivity contribution in [2.45, 2.75) is 24.0 Å². The molecule has 0 radical (unpaired) electrons. The highest BCUT2D eigenvalue weighted by atomic mass is 35.5. The number of benzene rings is 2. The first-order chi connectivity index (χ1) is 20.4. The van der Waals surface area contributed by atoms with Gasteiger partial charge in [-0.3, -0.25) is 9.36 Å². The van der Waals surface area contributed by atoms with Crippen molar-refractivity contribution in [3.8, 4) is 11.1 Å². The molecular weight excluding hydrogens is 619 g/mol. The second kappa shape index (κ2) is 13.6. The molecule has 1 amide bonds. The van der Waals surface area contributed by atoms with E-state index in [0.717, 1.165) is 23.9 Å². The number of methoxy groups -OCH3 is 1. The first-order valence-corrected chi connectivity index (χ1v) is 14.5. The molecule has 8 nitrogen and oxygen atoms in total. The smallest absolute Gasteiger partial charge is 0.394 e. The Morgan fingerprint density at radius 1 is 1.16 bits per heavy atom. The Labute approximate surface area is 252 Å². The Morgan fingerprint density at radius 2 is 1.86 bits per heavy atom. The largest absolute Gasteiger partial charge is 0.417 e. The minimum Gasteiger partial charge on any atom is -0.394 e. The number of nitrogens with zero attached hydrogens (tertiary/aromatic N) is 4. The zero-order valence-corrected chi connectivity index (χ0v) is 24.6. The van der Waals surface area contributed by atoms with Gasteiger partial charge in [-0.1, -0.05) is 18.2 Å². The molecule has 0 aliphatic carbocycles. The normalized spacial score (nSPS) is 15.2. The lowest BCUT2D eigenvalue weighted by atomic mass is 9.95. The van der Waals surface area contributed by atoms with E-state index in [1.54, 1.807) is 16.9 Å². The van der Waals surface area contributed by atoms with Gasteiger partial charge in [-0.15, -0.1) is 11.8 Å². The molecule has 1 fully saturated rings. The van der Waals surface area contributed by atoms with Crippen LogP contribution in [0.3, 0.4) is 0 Å². The number of rotatable bonds is 5. The summed E-state index contributed by atoms with van der Waals surface area (Å²) in [6.45, 7) is 5.24. The number of amides is 1. The molecule has 0 atom stereocenters. The molecule has 232 valence electrons. The number of aryl methyl sites for hydroxylation is 1. The van der Waals surface area contributed by atoms with Crippen molar-refractivity contribution in [3.05, 3.63) is 63.6 Å². The lowest BCUT2D eigenvalue weighted by molar-refractivity contribution is -0.137. The lowest BCUT2D eigenvalue weighted by Gasteiger charge is -2.35. The summed E-state index contributed by atoms with van der Waals surface area (Å²) < 4.78 is 78.3. The fourth-order valence-electron chi connectivity index (χ4n) is 4.94. The Morgan fingerprint density at radius 3 is 2.44 bits per heavy atom. The van der Waals surface area contributed by atoms with Gasteiger partial charge in [0.25, 0.3) is 0 Å². The molecule has 43 heavy (non-hydrogen) atoms. The van der Waals surface area contributed by atoms with Crippen molar-refractivity contribution < 1.29 is 36.6 Å². The summed E-state index contributed by atoms with van der Waals surface area (Å²) in [5, 5.41) is 7.50. The number of ether oxygens (including phenoxy) is 1. The Bertz CT molecular complexity index is 1590. The van der Waals surface area contributed by atoms with E-state index >= 15 is 0 Å². The van der Waals surface area contributed by atoms with Crippen LogP contribution in [0.1, 0.15) is 12.0 Å². The van der Waals surface area contributed by atoms with E-state index in [4.69, 9.17) is 16.7 Å². The highest BCUT2D eigenvalue weighted by Gasteiger charge is 2.39. The van der Waals surface area contributed by atoms with E-state index in [2.05, 4.69) is 16.3 Å². The molecule has 2 aromatic carbocycles. The van der Waals surface area contributed by atoms with Crippen LogP contribution in [-0.2, 0) is 22.3 Å². The number of thioether (sulfide) groups is 1. The molecule has 2 aliphatic heterocycles. The van der Waals surface area contributed by atoms with Gasteiger partial charge in [0.15, 0.2) is 0 Å². The number of hydrogen-bond donors (Lipinski definition) is 1. The lowest BCUT2D eigenvalue weighted by Crippen LogP contribution is -2.49. The molecule has 0 unspecified atom stereocenters. The second-order valence-corrected chi connectivity index (χ2v) is 11.1. The molecule has 0 saturated carbocycles. The van der Waals surface area contributed by atoms with Crippen LogP contribution in [0.25, 0.3) is 22.0 Å². The zero-order chi connectivity index (χ0) is 31.5. The van der Waals surface area contributed by atoms with Crippen molar-refractivity contribution in [1.82, 2.24) is 14.5 Å². The highest BCUT2D eigenvalue weighted by Crippen LogP contribution is 2.49. The standard InChI is InChI=1S/C25H20ClF5N4O2S.C3H8O2/c1-2-19(36)33-5-7-34(8-6-33)23-14-10-15(25(29,30)31)20(13-11-16(26)18(28)12-17(13)27)22-21(14)35(24(37)32-23)4-3-9-38-22;1-5-3-2-4/h2,10-12H,1,3-9H2;4H,2-3H2,1H3. The van der Waals surface area contributed by atoms with Crippen LogP contribution >= 0.6 is 23.4 Å². The van der Waals surface area contributed by atoms with Gasteiger partial charge in [0.1, 0.15) is 17.5 Å². The summed E-state index contributed by atoms with van der Waals surface area (Å²) in [5.74, 6) is -2.15. The van der Waals surface area contributed by atoms with Crippen molar-refractivity contribution in [1.29, 1.82) is 0 Å². The van der Waals surface area contributed by atoms with Crippen LogP contribution in [-0.4, -0.2) is 77.7 Å². The van der Waals surface area contributed by atoms with Crippen molar-refractivity contribution in [2.75, 3.05) is 57.2 Å². The quantitative estimate of drug-likeness (QED) is 0.238. The molecule has 0 bridgehead atoms. The van der Waals surface area contributed by atoms with E-state index in [-0.39, 0.29) is 66.9 Å². The predicted molar refractivity (Wildman–Crippen MR) is 155 cm³/mol. The summed E-state index contributed by atoms with van der Waals surface area (Å²) in [5.41, 5.74) is -2.60. The second-order valence-electron chi connectivity index (χ2n) is 9.57. The Kier molecular flexibility index (Phi) is 10.4. The molecule has 5 rings (SSSR count). The summed E-state index contributed by atoms with van der Waals surface area (Å²) in [7, 11) is 1.55. The molecular formula is C28H28ClF5N4O4S. The zero-order valence-electron chi connectivity index (χ0n) is 23.0. The maximum atomic E-state index is 15.0. The summed E-state index contributed by atoms with van der Waals surface area (Å²) in [6, 6.07) is 2.16. The number of anilines is 1. The SMILES string of the molecule is C=CC(=O)N1CCN(c2nc(=O)n3c4c(c(-c5cc(Cl)c(F)cc5F)c(C(F)(F)F)cc24)SCCC3)CC1.COCCO. The molecule has 2 aliphatic rings. The third kappa shape index (κ3) is 6.82. The molecule has 15 heteroatoms. The van der Waals surface area contributed by atoms with Crippen LogP contribution in [0.2, 0.25) is 5.02 Å². The van der Waals surface area contributed by atoms with Gasteiger partial charge in [0.05, 0.1) is 29.3 Å². The minimum absolute atomic E-state index is 0.0510. The van der Waals surface area contributed by atoms with E-state index < -0.39 is 45.2 Å². The molecule has 1 saturated heterocycles. The van der Waals surface area contributed by atoms with Crippen molar-refractivity contribution >= 4 is 46.0 Å². The van der Waals surface area contributed by atoms with Gasteiger partial charge in [-0.25, -0.2) is 13.6 Å². The van der Waals surface area contributed by atoms with Crippen LogP contribution < -0.4 is 10.6 Å². The monoisotopic (exact) mass is 646 g/mol. The Balaban J connectivity index is 0.000000782. The topological polar surface area (TPSA) is 87.9 Å². The highest BCUT2D eigenvalue weighted by molar-refractivity contribution is 7.99. The van der Waals surface area contributed by atoms with Crippen LogP contribution in [0, 0.1) is 11.6 Å². The molecule has 1 N–H and O–H groups in total. The summed E-state index contributed by atoms with van der Waals surface area (Å²) in [4.78, 5) is 32.6. The van der Waals surface area contributed by atoms with Gasteiger partial charge >= 0.3 is 11.9 Å². The maximum absolute atomic E-state index is 15.0. The molecule has 3 heterocycles. The number of aliphatic hydroxyl groups is 1. The van der Waals surface area contributed by atoms with E-state index in [1.165, 1.54) is 10.6 Å². The fraction of sp³-hybridized carbons (Fsp3) is 0.393. The maximum Gasteiger partial charge on any atom is 0.417 e. The number of halogens is 6. The third-order valence-electron chi connectivity index (χ3n) is 6.92. The number of alkyl halides is 3. The number of carbonyl (C=O) groups is 1. The molecule has 1 aromatic heterocycles. The first-order valence-electron chi connectivity index (χ1n) is 13.1. The molecule has 3 aromatic rings. The van der Waals surface area contributed by atoms with Crippen molar-refractivity contribution in [3.63, 3.8) is 0 Å². The van der Waals surface area contributed by atoms with Crippen molar-refractivity contribution in [2.24, 2.45) is 0 Å². The Hall–Kier alpha value is -3.20. The van der Waals surface area contributed by atoms with Crippen LogP contribution in [0.15, 0.2) is 40.5 Å². The fourth-order valence-corrected chi connectivity index (χ4v) is 6.31. The minimum atomic E-state index is -4.92. The summed E-state index contributed by atoms with van der Waals surface area (Å²) in [6.07, 6.45) is -3.28. The van der Waals surface area contributed by atoms with E-state index in [1.807, 2.05) is 0 Å². The van der Waals surface area contributed by atoms with Gasteiger partial charge in [0, 0.05) is 67.3 Å². The number of carbonyl (C=O) groups excluding carboxylic acids is 1. The molecule has 0 spiro atoms. The van der Waals surface area contributed by atoms with Gasteiger partial charge < -0.3 is 19.6 Å². The first kappa shape index (κ1) is 32.7. The summed E-state index contributed by atoms with van der Waals surface area (Å²) >= 11 is 6.92. The number of aromatic nitrogens is 2. The van der Waals surface area contributed by atoms with Gasteiger partial charge in [0.2, 0.25) is 5.91 Å². The average molecular weight is 647 g/mol. The van der Waals surface area contributed by atoms with Crippen LogP contribution in [0.5, 0.6) is 0 Å².